The highest BCUT2D eigenvalue weighted by Crippen LogP contribution is 2.23. The number of amides is 4. The fourth-order valence-corrected chi connectivity index (χ4v) is 5.78. The van der Waals surface area contributed by atoms with Gasteiger partial charge in [0.25, 0.3) is 0 Å². The molecule has 1 rings (SSSR count). The first-order valence-corrected chi connectivity index (χ1v) is 20.7. The second-order valence-electron chi connectivity index (χ2n) is 14.7. The van der Waals surface area contributed by atoms with Crippen LogP contribution in [0.25, 0.3) is 0 Å². The van der Waals surface area contributed by atoms with Gasteiger partial charge in [-0.2, -0.15) is 0 Å². The average molecular weight is 833 g/mol. The molecule has 0 aromatic carbocycles. The standard InChI is InChI=1S/C39H72N6O13/c1-3-31(46)16-8-4-9-17-35(50)44(56)26-15-7-12-23-41-33(48)19-18-30(2)43(55)25-13-6-11-24-42-34(49)20-21-36(51)45(57)27-14-5-10-22-40-29-39(54)38(53)37(52)32(47)28-58-39/h4,8,31-32,37-38,40,46-47,52-57H,2-3,5-7,9-29H2,1H3,(H,41,48)(H,42,49). The molecule has 5 atom stereocenters. The number of rotatable bonds is 33. The maximum Gasteiger partial charge on any atom is 0.246 e. The van der Waals surface area contributed by atoms with Crippen LogP contribution >= 0.6 is 0 Å². The zero-order valence-corrected chi connectivity index (χ0v) is 34.3. The van der Waals surface area contributed by atoms with Gasteiger partial charge in [0, 0.05) is 64.1 Å². The van der Waals surface area contributed by atoms with E-state index in [-0.39, 0.29) is 82.2 Å². The van der Waals surface area contributed by atoms with Crippen molar-refractivity contribution >= 4 is 23.6 Å². The fraction of sp³-hybridized carbons (Fsp3) is 0.795. The van der Waals surface area contributed by atoms with E-state index in [1.807, 2.05) is 19.1 Å². The van der Waals surface area contributed by atoms with E-state index in [1.54, 1.807) is 0 Å². The number of hydroxylamine groups is 6. The Morgan fingerprint density at radius 2 is 1.26 bits per heavy atom. The summed E-state index contributed by atoms with van der Waals surface area (Å²) in [5.41, 5.74) is 0.414. The molecule has 0 radical (unpaired) electrons. The first-order valence-electron chi connectivity index (χ1n) is 20.7. The van der Waals surface area contributed by atoms with Crippen molar-refractivity contribution in [3.05, 3.63) is 24.4 Å². The Morgan fingerprint density at radius 1 is 0.741 bits per heavy atom. The average Bonchev–Trinajstić information content (AvgIpc) is 3.21. The molecule has 19 heteroatoms. The van der Waals surface area contributed by atoms with Gasteiger partial charge >= 0.3 is 0 Å². The lowest BCUT2D eigenvalue weighted by atomic mass is 9.97. The molecule has 0 saturated carbocycles. The van der Waals surface area contributed by atoms with E-state index in [9.17, 15) is 60.3 Å². The molecule has 1 heterocycles. The number of carbonyl (C=O) groups is 4. The summed E-state index contributed by atoms with van der Waals surface area (Å²) in [5.74, 6) is -3.44. The van der Waals surface area contributed by atoms with Crippen LogP contribution in [0.2, 0.25) is 0 Å². The van der Waals surface area contributed by atoms with Crippen LogP contribution in [0.1, 0.15) is 116 Å². The molecule has 0 aromatic heterocycles. The van der Waals surface area contributed by atoms with Gasteiger partial charge in [0.15, 0.2) is 0 Å². The van der Waals surface area contributed by atoms with E-state index in [0.717, 1.165) is 10.1 Å². The summed E-state index contributed by atoms with van der Waals surface area (Å²) in [6.45, 7) is 7.16. The summed E-state index contributed by atoms with van der Waals surface area (Å²) in [7, 11) is 0. The van der Waals surface area contributed by atoms with Crippen molar-refractivity contribution in [1.29, 1.82) is 0 Å². The molecule has 0 spiro atoms. The zero-order valence-electron chi connectivity index (χ0n) is 34.3. The van der Waals surface area contributed by atoms with Crippen LogP contribution in [0.15, 0.2) is 24.4 Å². The van der Waals surface area contributed by atoms with Crippen LogP contribution in [0, 0.1) is 0 Å². The molecule has 0 aromatic rings. The zero-order chi connectivity index (χ0) is 43.3. The van der Waals surface area contributed by atoms with Gasteiger partial charge < -0.3 is 46.2 Å². The van der Waals surface area contributed by atoms with E-state index in [1.165, 1.54) is 0 Å². The Kier molecular flexibility index (Phi) is 28.0. The van der Waals surface area contributed by atoms with E-state index in [0.29, 0.717) is 114 Å². The number of aliphatic hydroxyl groups excluding tert-OH is 4. The predicted molar refractivity (Wildman–Crippen MR) is 212 cm³/mol. The first kappa shape index (κ1) is 52.8. The third-order valence-corrected chi connectivity index (χ3v) is 9.74. The summed E-state index contributed by atoms with van der Waals surface area (Å²) in [5, 5.41) is 90.0. The molecule has 1 fully saturated rings. The Hall–Kier alpha value is -3.24. The van der Waals surface area contributed by atoms with Crippen LogP contribution in [0.4, 0.5) is 0 Å². The Balaban J connectivity index is 2.01. The maximum atomic E-state index is 12.2. The van der Waals surface area contributed by atoms with Crippen molar-refractivity contribution in [2.24, 2.45) is 0 Å². The molecule has 0 aliphatic carbocycles. The lowest BCUT2D eigenvalue weighted by Crippen LogP contribution is -2.64. The van der Waals surface area contributed by atoms with E-state index in [4.69, 9.17) is 4.74 Å². The molecule has 0 bridgehead atoms. The molecule has 4 amide bonds. The summed E-state index contributed by atoms with van der Waals surface area (Å²) < 4.78 is 5.08. The maximum absolute atomic E-state index is 12.2. The minimum Gasteiger partial charge on any atom is -0.393 e. The lowest BCUT2D eigenvalue weighted by molar-refractivity contribution is -0.317. The van der Waals surface area contributed by atoms with Crippen molar-refractivity contribution in [2.75, 3.05) is 52.4 Å². The molecule has 1 saturated heterocycles. The van der Waals surface area contributed by atoms with Gasteiger partial charge in [-0.15, -0.1) is 0 Å². The van der Waals surface area contributed by atoms with Crippen molar-refractivity contribution in [3.8, 4) is 0 Å². The lowest BCUT2D eigenvalue weighted by Gasteiger charge is -2.41. The van der Waals surface area contributed by atoms with Gasteiger partial charge in [-0.25, -0.2) is 10.1 Å². The minimum absolute atomic E-state index is 0.0724. The number of allylic oxidation sites excluding steroid dienone is 2. The van der Waals surface area contributed by atoms with Crippen LogP contribution in [-0.2, 0) is 23.9 Å². The van der Waals surface area contributed by atoms with Crippen molar-refractivity contribution in [2.45, 2.75) is 146 Å². The number of aliphatic hydroxyl groups is 5. The number of hydrogen-bond acceptors (Lipinski definition) is 15. The number of nitrogens with one attached hydrogen (secondary N) is 3. The van der Waals surface area contributed by atoms with Gasteiger partial charge in [0.05, 0.1) is 19.3 Å². The smallest absolute Gasteiger partial charge is 0.246 e. The highest BCUT2D eigenvalue weighted by molar-refractivity contribution is 5.83. The molecule has 1 aliphatic rings. The summed E-state index contributed by atoms with van der Waals surface area (Å²) in [6, 6.07) is 0. The van der Waals surface area contributed by atoms with Crippen LogP contribution < -0.4 is 16.0 Å². The van der Waals surface area contributed by atoms with E-state index >= 15 is 0 Å². The quantitative estimate of drug-likeness (QED) is 0.0189. The molecule has 336 valence electrons. The molecular formula is C39H72N6O13. The van der Waals surface area contributed by atoms with Gasteiger partial charge in [-0.3, -0.25) is 39.9 Å². The molecule has 19 nitrogen and oxygen atoms in total. The molecule has 58 heavy (non-hydrogen) atoms. The second kappa shape index (κ2) is 30.8. The summed E-state index contributed by atoms with van der Waals surface area (Å²) in [6.07, 6.45) is 6.67. The van der Waals surface area contributed by atoms with Gasteiger partial charge in [0.1, 0.15) is 18.3 Å². The largest absolute Gasteiger partial charge is 0.393 e. The number of carbonyl (C=O) groups excluding carboxylic acids is 4. The highest BCUT2D eigenvalue weighted by Gasteiger charge is 2.48. The second-order valence-corrected chi connectivity index (χ2v) is 14.7. The topological polar surface area (TPSA) is 285 Å². The van der Waals surface area contributed by atoms with Gasteiger partial charge in [-0.05, 0) is 83.6 Å². The molecule has 11 N–H and O–H groups in total. The highest BCUT2D eigenvalue weighted by atomic mass is 16.6. The SMILES string of the molecule is C=C(CCC(=O)NCCCCCN(O)C(=O)CCC=CCC(O)CC)N(O)CCCCCNC(=O)CCC(=O)N(O)CCCCCNCC1(O)OCC(O)C(O)C1O. The predicted octanol–water partition coefficient (Wildman–Crippen LogP) is 0.819. The Morgan fingerprint density at radius 3 is 1.83 bits per heavy atom. The van der Waals surface area contributed by atoms with Crippen molar-refractivity contribution in [1.82, 2.24) is 31.1 Å². The van der Waals surface area contributed by atoms with E-state index in [2.05, 4.69) is 22.5 Å². The van der Waals surface area contributed by atoms with Crippen LogP contribution in [-0.4, -0.2) is 163 Å². The monoisotopic (exact) mass is 833 g/mol. The third-order valence-electron chi connectivity index (χ3n) is 9.74. The molecule has 1 aliphatic heterocycles. The minimum atomic E-state index is -2.02. The van der Waals surface area contributed by atoms with Gasteiger partial charge in [-0.1, -0.05) is 32.1 Å². The van der Waals surface area contributed by atoms with Crippen molar-refractivity contribution < 1.29 is 65.1 Å². The fourth-order valence-electron chi connectivity index (χ4n) is 5.78. The number of hydrogen-bond donors (Lipinski definition) is 11. The number of unbranched alkanes of at least 4 members (excludes halogenated alkanes) is 6. The summed E-state index contributed by atoms with van der Waals surface area (Å²) >= 11 is 0. The van der Waals surface area contributed by atoms with Gasteiger partial charge in [0.2, 0.25) is 29.4 Å². The van der Waals surface area contributed by atoms with Crippen LogP contribution in [0.5, 0.6) is 0 Å². The number of nitrogens with zero attached hydrogens (tertiary/aromatic N) is 3. The number of ether oxygens (including phenoxy) is 1. The van der Waals surface area contributed by atoms with Crippen molar-refractivity contribution in [3.63, 3.8) is 0 Å². The van der Waals surface area contributed by atoms with Crippen LogP contribution in [0.3, 0.4) is 0 Å². The molecule has 5 unspecified atom stereocenters. The first-order chi connectivity index (χ1) is 27.6. The Bertz CT molecular complexity index is 1230. The third kappa shape index (κ3) is 23.4. The normalized spacial score (nSPS) is 19.8. The molecular weight excluding hydrogens is 760 g/mol. The summed E-state index contributed by atoms with van der Waals surface area (Å²) in [4.78, 5) is 48.5. The Labute approximate surface area is 342 Å². The van der Waals surface area contributed by atoms with E-state index < -0.39 is 30.0 Å².